The highest BCUT2D eigenvalue weighted by Crippen LogP contribution is 2.71. The Morgan fingerprint density at radius 1 is 1.19 bits per heavy atom. The van der Waals surface area contributed by atoms with Crippen molar-refractivity contribution in [2.24, 2.45) is 17.8 Å². The molecule has 6 fully saturated rings. The number of nitrogens with zero attached hydrogens (tertiary/aromatic N) is 2. The van der Waals surface area contributed by atoms with Crippen LogP contribution in [0.5, 0.6) is 0 Å². The smallest absolute Gasteiger partial charge is 0.194 e. The van der Waals surface area contributed by atoms with Crippen LogP contribution in [0.15, 0.2) is 24.3 Å². The number of likely N-dealkylation sites (N-methyl/N-ethyl adjacent to an activating group) is 1. The van der Waals surface area contributed by atoms with Gasteiger partial charge in [0, 0.05) is 44.0 Å². The minimum Gasteiger partial charge on any atom is -0.392 e. The molecule has 5 saturated heterocycles. The third kappa shape index (κ3) is 2.01. The first-order valence-corrected chi connectivity index (χ1v) is 12.7. The van der Waals surface area contributed by atoms with E-state index in [2.05, 4.69) is 43.1 Å². The molecule has 1 aromatic rings. The molecule has 0 amide bonds. The second-order valence-electron chi connectivity index (χ2n) is 11.5. The van der Waals surface area contributed by atoms with Gasteiger partial charge in [-0.05, 0) is 43.2 Å². The summed E-state index contributed by atoms with van der Waals surface area (Å²) < 4.78 is 7.08. The monoisotopic (exact) mass is 425 g/mol. The lowest BCUT2D eigenvalue weighted by atomic mass is 9.60. The predicted molar refractivity (Wildman–Crippen MR) is 119 cm³/mol. The van der Waals surface area contributed by atoms with Crippen LogP contribution in [0.25, 0.3) is 0 Å². The Labute approximate surface area is 185 Å². The standard InChI is InChI=1S/C26H37N2O3/c1-3-16-17-12-20-23-26(18-9-4-5-10-19(18)27(23)2)13-21(22(17)24(26)29)28(20,25(16)30)14-15-8-6-7-11-31-15/h4-5,9-10,15-17,20-25,29-30H,3,6-8,11-14H2,1-2H3/q+1/t15?,16-,17-,20?,21-,22?,23-,24?,25+,26?,28?/m0/s1. The van der Waals surface area contributed by atoms with Crippen molar-refractivity contribution in [3.8, 4) is 0 Å². The summed E-state index contributed by atoms with van der Waals surface area (Å²) in [5.74, 6) is 1.05. The van der Waals surface area contributed by atoms with Crippen molar-refractivity contribution in [1.29, 1.82) is 0 Å². The van der Waals surface area contributed by atoms with Gasteiger partial charge < -0.3 is 19.8 Å². The van der Waals surface area contributed by atoms with Gasteiger partial charge in [-0.3, -0.25) is 4.48 Å². The van der Waals surface area contributed by atoms with Gasteiger partial charge in [0.2, 0.25) is 0 Å². The minimum absolute atomic E-state index is 0.169. The van der Waals surface area contributed by atoms with Crippen LogP contribution in [0.4, 0.5) is 5.69 Å². The Morgan fingerprint density at radius 2 is 2.03 bits per heavy atom. The van der Waals surface area contributed by atoms with Gasteiger partial charge in [-0.25, -0.2) is 0 Å². The van der Waals surface area contributed by atoms with E-state index in [-0.39, 0.29) is 29.9 Å². The van der Waals surface area contributed by atoms with E-state index in [1.807, 2.05) is 0 Å². The Bertz CT molecular complexity index is 902. The summed E-state index contributed by atoms with van der Waals surface area (Å²) in [6.07, 6.45) is 6.30. The Kier molecular flexibility index (Phi) is 3.90. The molecule has 6 unspecified atom stereocenters. The predicted octanol–water partition coefficient (Wildman–Crippen LogP) is 2.64. The number of benzene rings is 1. The van der Waals surface area contributed by atoms with Crippen molar-refractivity contribution < 1.29 is 19.4 Å². The first-order valence-electron chi connectivity index (χ1n) is 12.7. The van der Waals surface area contributed by atoms with Crippen LogP contribution < -0.4 is 4.90 Å². The van der Waals surface area contributed by atoms with Gasteiger partial charge in [0.25, 0.3) is 0 Å². The maximum absolute atomic E-state index is 12.1. The van der Waals surface area contributed by atoms with E-state index < -0.39 is 0 Å². The quantitative estimate of drug-likeness (QED) is 0.731. The average molecular weight is 426 g/mol. The molecular weight excluding hydrogens is 388 g/mol. The summed E-state index contributed by atoms with van der Waals surface area (Å²) in [6, 6.07) is 9.80. The highest BCUT2D eigenvalue weighted by Gasteiger charge is 2.83. The van der Waals surface area contributed by atoms with E-state index in [9.17, 15) is 10.2 Å². The molecule has 11 atom stereocenters. The summed E-state index contributed by atoms with van der Waals surface area (Å²) in [5.41, 5.74) is 2.49. The van der Waals surface area contributed by atoms with Crippen LogP contribution in [0.2, 0.25) is 0 Å². The number of anilines is 1. The maximum Gasteiger partial charge on any atom is 0.194 e. The van der Waals surface area contributed by atoms with Gasteiger partial charge in [0.15, 0.2) is 6.23 Å². The van der Waals surface area contributed by atoms with Crippen LogP contribution in [0.1, 0.15) is 51.0 Å². The van der Waals surface area contributed by atoms with E-state index in [1.165, 1.54) is 17.7 Å². The second-order valence-corrected chi connectivity index (χ2v) is 11.5. The Hall–Kier alpha value is -1.14. The molecule has 1 aliphatic carbocycles. The zero-order valence-corrected chi connectivity index (χ0v) is 18.9. The molecule has 168 valence electrons. The number of ether oxygens (including phenoxy) is 1. The first-order chi connectivity index (χ1) is 15.1. The molecule has 1 aromatic carbocycles. The number of hydrogen-bond donors (Lipinski definition) is 2. The molecule has 2 N–H and O–H groups in total. The Balaban J connectivity index is 1.42. The fourth-order valence-electron chi connectivity index (χ4n) is 10.1. The number of para-hydroxylation sites is 1. The number of hydrogen-bond acceptors (Lipinski definition) is 4. The molecule has 6 heterocycles. The van der Waals surface area contributed by atoms with Crippen LogP contribution in [-0.2, 0) is 10.2 Å². The Morgan fingerprint density at radius 3 is 2.81 bits per heavy atom. The topological polar surface area (TPSA) is 52.9 Å². The maximum atomic E-state index is 12.1. The summed E-state index contributed by atoms with van der Waals surface area (Å²) in [7, 11) is 2.24. The molecule has 5 heteroatoms. The van der Waals surface area contributed by atoms with Crippen molar-refractivity contribution in [1.82, 2.24) is 0 Å². The van der Waals surface area contributed by atoms with Crippen molar-refractivity contribution in [3.05, 3.63) is 29.8 Å². The van der Waals surface area contributed by atoms with Crippen LogP contribution in [0, 0.1) is 17.8 Å². The largest absolute Gasteiger partial charge is 0.392 e. The minimum atomic E-state index is -0.319. The van der Waals surface area contributed by atoms with E-state index >= 15 is 0 Å². The number of aliphatic hydroxyl groups excluding tert-OH is 2. The van der Waals surface area contributed by atoms with Gasteiger partial charge in [0.05, 0.1) is 23.6 Å². The van der Waals surface area contributed by atoms with Crippen LogP contribution >= 0.6 is 0 Å². The number of aliphatic hydroxyl groups is 2. The summed E-state index contributed by atoms with van der Waals surface area (Å²) in [4.78, 5) is 2.48. The second kappa shape index (κ2) is 6.25. The fourth-order valence-corrected chi connectivity index (χ4v) is 10.1. The summed E-state index contributed by atoms with van der Waals surface area (Å²) >= 11 is 0. The molecule has 5 bridgehead atoms. The van der Waals surface area contributed by atoms with E-state index in [0.29, 0.717) is 29.8 Å². The van der Waals surface area contributed by atoms with Crippen LogP contribution in [0.3, 0.4) is 0 Å². The van der Waals surface area contributed by atoms with Crippen molar-refractivity contribution in [2.45, 2.75) is 87.4 Å². The van der Waals surface area contributed by atoms with Gasteiger partial charge in [0.1, 0.15) is 18.7 Å². The fraction of sp³-hybridized carbons (Fsp3) is 0.769. The molecule has 5 nitrogen and oxygen atoms in total. The molecule has 1 saturated carbocycles. The van der Waals surface area contributed by atoms with Gasteiger partial charge in [-0.2, -0.15) is 0 Å². The third-order valence-electron chi connectivity index (χ3n) is 10.9. The third-order valence-corrected chi connectivity index (χ3v) is 10.9. The number of piperidine rings is 4. The lowest BCUT2D eigenvalue weighted by Crippen LogP contribution is -2.83. The molecule has 0 radical (unpaired) electrons. The molecular formula is C26H37N2O3+. The molecule has 7 aliphatic rings. The number of quaternary nitrogens is 1. The van der Waals surface area contributed by atoms with Crippen molar-refractivity contribution in [2.75, 3.05) is 25.1 Å². The number of rotatable bonds is 3. The van der Waals surface area contributed by atoms with Gasteiger partial charge in [-0.15, -0.1) is 0 Å². The molecule has 0 aromatic heterocycles. The lowest BCUT2D eigenvalue weighted by molar-refractivity contribution is -1.04. The van der Waals surface area contributed by atoms with E-state index in [4.69, 9.17) is 4.74 Å². The van der Waals surface area contributed by atoms with Crippen molar-refractivity contribution in [3.63, 3.8) is 0 Å². The van der Waals surface area contributed by atoms with Gasteiger partial charge in [-0.1, -0.05) is 25.1 Å². The zero-order valence-electron chi connectivity index (χ0n) is 18.9. The molecule has 1 spiro atoms. The average Bonchev–Trinajstić information content (AvgIpc) is 3.18. The molecule has 31 heavy (non-hydrogen) atoms. The van der Waals surface area contributed by atoms with Gasteiger partial charge >= 0.3 is 0 Å². The highest BCUT2D eigenvalue weighted by atomic mass is 16.5. The molecule has 6 aliphatic heterocycles. The lowest BCUT2D eigenvalue weighted by Gasteiger charge is -2.68. The highest BCUT2D eigenvalue weighted by molar-refractivity contribution is 5.66. The summed E-state index contributed by atoms with van der Waals surface area (Å²) in [6.45, 7) is 4.03. The SMILES string of the molecule is CC[C@H]1[C@@H]2CC3[C@@H]4N(C)c5ccccc5C45C[C@@H](C2C5O)[N+]3(CC2CCCCO2)[C@@H]1O. The van der Waals surface area contributed by atoms with E-state index in [1.54, 1.807) is 0 Å². The normalized spacial score (nSPS) is 53.7. The first kappa shape index (κ1) is 19.3. The summed E-state index contributed by atoms with van der Waals surface area (Å²) in [5, 5.41) is 24.1. The van der Waals surface area contributed by atoms with Crippen LogP contribution in [-0.4, -0.2) is 71.5 Å². The zero-order chi connectivity index (χ0) is 21.1. The van der Waals surface area contributed by atoms with E-state index in [0.717, 1.165) is 49.7 Å². The molecule has 8 rings (SSSR count). The number of fused-ring (bicyclic) bond motifs is 2. The van der Waals surface area contributed by atoms with Crippen molar-refractivity contribution >= 4 is 5.69 Å².